The molecule has 0 aromatic heterocycles. The van der Waals surface area contributed by atoms with E-state index in [-0.39, 0.29) is 11.9 Å². The molecule has 0 spiro atoms. The van der Waals surface area contributed by atoms with Gasteiger partial charge < -0.3 is 10.6 Å². The monoisotopic (exact) mass is 268 g/mol. The fourth-order valence-corrected chi connectivity index (χ4v) is 2.66. The van der Waals surface area contributed by atoms with Crippen LogP contribution in [0.2, 0.25) is 0 Å². The third-order valence-corrected chi connectivity index (χ3v) is 3.82. The Labute approximate surface area is 111 Å². The Morgan fingerprint density at radius 1 is 1.56 bits per heavy atom. The third kappa shape index (κ3) is 3.23. The second-order valence-corrected chi connectivity index (χ2v) is 5.20. The number of halogens is 1. The first-order chi connectivity index (χ1) is 8.70. The molecular formula is C13H17FN2OS. The van der Waals surface area contributed by atoms with Crippen molar-refractivity contribution in [2.24, 2.45) is 0 Å². The number of benzene rings is 1. The number of carbonyl (C=O) groups is 1. The largest absolute Gasteiger partial charge is 0.350 e. The molecule has 0 unspecified atom stereocenters. The maximum Gasteiger partial charge on any atom is 0.252 e. The number of nitrogens with one attached hydrogen (secondary N) is 2. The molecular weight excluding hydrogens is 251 g/mol. The van der Waals surface area contributed by atoms with E-state index >= 15 is 0 Å². The van der Waals surface area contributed by atoms with Crippen LogP contribution in [0, 0.1) is 0 Å². The van der Waals surface area contributed by atoms with Crippen LogP contribution in [0.1, 0.15) is 16.8 Å². The molecule has 1 aromatic carbocycles. The van der Waals surface area contributed by atoms with E-state index in [9.17, 15) is 9.18 Å². The first-order valence-electron chi connectivity index (χ1n) is 5.99. The smallest absolute Gasteiger partial charge is 0.252 e. The van der Waals surface area contributed by atoms with Gasteiger partial charge in [-0.2, -0.15) is 0 Å². The number of hydrogen-bond acceptors (Lipinski definition) is 3. The molecule has 18 heavy (non-hydrogen) atoms. The topological polar surface area (TPSA) is 41.1 Å². The van der Waals surface area contributed by atoms with Crippen molar-refractivity contribution in [1.29, 1.82) is 0 Å². The maximum absolute atomic E-state index is 13.0. The van der Waals surface area contributed by atoms with Gasteiger partial charge in [0.05, 0.1) is 5.56 Å². The molecule has 1 aliphatic rings. The van der Waals surface area contributed by atoms with Crippen molar-refractivity contribution in [2.75, 3.05) is 19.3 Å². The fraction of sp³-hybridized carbons (Fsp3) is 0.462. The maximum atomic E-state index is 13.0. The Morgan fingerprint density at radius 3 is 3.00 bits per heavy atom. The van der Waals surface area contributed by atoms with E-state index in [0.717, 1.165) is 4.90 Å². The minimum atomic E-state index is -0.787. The van der Waals surface area contributed by atoms with Crippen molar-refractivity contribution >= 4 is 17.7 Å². The molecule has 2 N–H and O–H groups in total. The number of alkyl halides is 1. The van der Waals surface area contributed by atoms with E-state index in [2.05, 4.69) is 10.6 Å². The van der Waals surface area contributed by atoms with E-state index in [1.165, 1.54) is 0 Å². The predicted octanol–water partition coefficient (Wildman–Crippen LogP) is 1.84. The van der Waals surface area contributed by atoms with Crippen molar-refractivity contribution < 1.29 is 9.18 Å². The third-order valence-electron chi connectivity index (χ3n) is 3.03. The van der Waals surface area contributed by atoms with Crippen LogP contribution in [0.15, 0.2) is 29.2 Å². The lowest BCUT2D eigenvalue weighted by molar-refractivity contribution is 0.0947. The second kappa shape index (κ2) is 6.20. The summed E-state index contributed by atoms with van der Waals surface area (Å²) in [5, 5.41) is 5.90. The Kier molecular flexibility index (Phi) is 4.60. The lowest BCUT2D eigenvalue weighted by Gasteiger charge is -2.12. The van der Waals surface area contributed by atoms with Crippen molar-refractivity contribution in [2.45, 2.75) is 23.5 Å². The van der Waals surface area contributed by atoms with E-state index in [1.54, 1.807) is 17.8 Å². The van der Waals surface area contributed by atoms with Crippen molar-refractivity contribution in [3.05, 3.63) is 29.8 Å². The number of hydrogen-bond donors (Lipinski definition) is 2. The van der Waals surface area contributed by atoms with Gasteiger partial charge in [0.2, 0.25) is 0 Å². The van der Waals surface area contributed by atoms with E-state index in [1.807, 2.05) is 24.5 Å². The van der Waals surface area contributed by atoms with Gasteiger partial charge in [0.15, 0.2) is 0 Å². The predicted molar refractivity (Wildman–Crippen MR) is 71.9 cm³/mol. The molecule has 1 aliphatic heterocycles. The average Bonchev–Trinajstić information content (AvgIpc) is 2.81. The molecule has 2 rings (SSSR count). The van der Waals surface area contributed by atoms with Crippen molar-refractivity contribution in [1.82, 2.24) is 10.6 Å². The van der Waals surface area contributed by atoms with Gasteiger partial charge in [-0.1, -0.05) is 12.1 Å². The number of rotatable bonds is 4. The molecule has 1 fully saturated rings. The fourth-order valence-electron chi connectivity index (χ4n) is 2.07. The van der Waals surface area contributed by atoms with Gasteiger partial charge >= 0.3 is 0 Å². The van der Waals surface area contributed by atoms with Gasteiger partial charge in [-0.25, -0.2) is 4.39 Å². The Bertz CT molecular complexity index is 427. The number of thioether (sulfide) groups is 1. The molecule has 0 aliphatic carbocycles. The highest BCUT2D eigenvalue weighted by Crippen LogP contribution is 2.19. The van der Waals surface area contributed by atoms with E-state index in [4.69, 9.17) is 0 Å². The Balaban J connectivity index is 1.91. The lowest BCUT2D eigenvalue weighted by atomic mass is 10.2. The van der Waals surface area contributed by atoms with Gasteiger partial charge in [0.1, 0.15) is 6.17 Å². The van der Waals surface area contributed by atoms with Crippen LogP contribution in [-0.4, -0.2) is 37.5 Å². The van der Waals surface area contributed by atoms with Crippen molar-refractivity contribution in [3.63, 3.8) is 0 Å². The van der Waals surface area contributed by atoms with Crippen LogP contribution >= 0.6 is 11.8 Å². The second-order valence-electron chi connectivity index (χ2n) is 4.35. The van der Waals surface area contributed by atoms with Crippen molar-refractivity contribution in [3.8, 4) is 0 Å². The summed E-state index contributed by atoms with van der Waals surface area (Å²) in [4.78, 5) is 13.0. The van der Waals surface area contributed by atoms with Crippen LogP contribution < -0.4 is 10.6 Å². The molecule has 1 heterocycles. The summed E-state index contributed by atoms with van der Waals surface area (Å²) < 4.78 is 13.0. The Morgan fingerprint density at radius 2 is 2.33 bits per heavy atom. The summed E-state index contributed by atoms with van der Waals surface area (Å²) in [6.45, 7) is 0.865. The summed E-state index contributed by atoms with van der Waals surface area (Å²) in [6.07, 6.45) is 1.63. The SMILES string of the molecule is CSc1ccccc1C(=O)NC[C@@H]1C[C@H](F)CN1. The summed E-state index contributed by atoms with van der Waals surface area (Å²) in [5.74, 6) is -0.0935. The highest BCUT2D eigenvalue weighted by atomic mass is 32.2. The summed E-state index contributed by atoms with van der Waals surface area (Å²) >= 11 is 1.55. The summed E-state index contributed by atoms with van der Waals surface area (Å²) in [6, 6.07) is 7.53. The molecule has 5 heteroatoms. The molecule has 0 radical (unpaired) electrons. The molecule has 0 saturated carbocycles. The summed E-state index contributed by atoms with van der Waals surface area (Å²) in [5.41, 5.74) is 0.680. The van der Waals surface area contributed by atoms with E-state index in [0.29, 0.717) is 25.1 Å². The van der Waals surface area contributed by atoms with E-state index < -0.39 is 6.17 Å². The van der Waals surface area contributed by atoms with Gasteiger partial charge in [-0.15, -0.1) is 11.8 Å². The lowest BCUT2D eigenvalue weighted by Crippen LogP contribution is -2.37. The zero-order valence-corrected chi connectivity index (χ0v) is 11.1. The molecule has 98 valence electrons. The zero-order valence-electron chi connectivity index (χ0n) is 10.3. The van der Waals surface area contributed by atoms with Crippen LogP contribution in [0.3, 0.4) is 0 Å². The standard InChI is InChI=1S/C13H17FN2OS/c1-18-12-5-3-2-4-11(12)13(17)16-8-10-6-9(14)7-15-10/h2-5,9-10,15H,6-8H2,1H3,(H,16,17)/t9-,10-/m0/s1. The van der Waals surface area contributed by atoms with Gasteiger partial charge in [-0.3, -0.25) is 4.79 Å². The van der Waals surface area contributed by atoms with Crippen LogP contribution in [-0.2, 0) is 0 Å². The zero-order chi connectivity index (χ0) is 13.0. The van der Waals surface area contributed by atoms with Gasteiger partial charge in [-0.05, 0) is 24.8 Å². The highest BCUT2D eigenvalue weighted by Gasteiger charge is 2.23. The molecule has 1 amide bonds. The first-order valence-corrected chi connectivity index (χ1v) is 7.22. The van der Waals surface area contributed by atoms with Crippen LogP contribution in [0.25, 0.3) is 0 Å². The normalized spacial score (nSPS) is 23.0. The molecule has 0 bridgehead atoms. The molecule has 1 aromatic rings. The molecule has 1 saturated heterocycles. The summed E-state index contributed by atoms with van der Waals surface area (Å²) in [7, 11) is 0. The minimum absolute atomic E-state index is 0.0467. The quantitative estimate of drug-likeness (QED) is 0.819. The minimum Gasteiger partial charge on any atom is -0.350 e. The molecule has 3 nitrogen and oxygen atoms in total. The number of carbonyl (C=O) groups excluding carboxylic acids is 1. The number of amides is 1. The average molecular weight is 268 g/mol. The van der Waals surface area contributed by atoms with Gasteiger partial charge in [0, 0.05) is 24.0 Å². The van der Waals surface area contributed by atoms with Crippen LogP contribution in [0.4, 0.5) is 4.39 Å². The van der Waals surface area contributed by atoms with Gasteiger partial charge in [0.25, 0.3) is 5.91 Å². The Hall–Kier alpha value is -1.07. The van der Waals surface area contributed by atoms with Crippen LogP contribution in [0.5, 0.6) is 0 Å². The molecule has 2 atom stereocenters. The first kappa shape index (κ1) is 13.4. The highest BCUT2D eigenvalue weighted by molar-refractivity contribution is 7.98.